The average molecular weight is 564 g/mol. The number of hydrogen-bond acceptors (Lipinski definition) is 9. The molecule has 10 heteroatoms. The topological polar surface area (TPSA) is 124 Å². The zero-order chi connectivity index (χ0) is 30.0. The number of hydrazine groups is 2. The van der Waals surface area contributed by atoms with E-state index in [1.165, 1.54) is 6.20 Å². The molecule has 5 rings (SSSR count). The van der Waals surface area contributed by atoms with E-state index in [0.717, 1.165) is 22.4 Å². The number of nitrogens with zero attached hydrogens (tertiary/aromatic N) is 5. The standard InChI is InChI=1S/C32H34FN9/c1-19-7-6-8-24(23(19)9-10-36-5)31(27-17-42(41-40-27)28-13-26(28)33)39-22-11-20(14-34)29-25(12-22)30(21(15-35)16-37-29)38-18-32(2,3)4/h6-12,16-17,26,28,31,39-41H,5,13,18H2,1-4H3,(H,37,38)/b10-9-/t26-,28?,31-/m0/s1. The molecule has 1 aromatic heterocycles. The van der Waals surface area contributed by atoms with Gasteiger partial charge in [0.1, 0.15) is 18.3 Å². The number of aliphatic imine (C=N–C) groups is 1. The Labute approximate surface area is 245 Å². The molecule has 1 saturated carbocycles. The number of benzene rings is 2. The summed E-state index contributed by atoms with van der Waals surface area (Å²) >= 11 is 0. The van der Waals surface area contributed by atoms with Gasteiger partial charge in [-0.25, -0.2) is 4.39 Å². The first-order valence-electron chi connectivity index (χ1n) is 13.8. The number of nitriles is 2. The largest absolute Gasteiger partial charge is 0.383 e. The van der Waals surface area contributed by atoms with Crippen LogP contribution in [-0.2, 0) is 0 Å². The minimum atomic E-state index is -0.878. The SMILES string of the molecule is C=N/C=C\c1c(C)cccc1[C@H](Nc1cc(C#N)c2ncc(C#N)c(NCC(C)(C)C)c2c1)C1=CN(C2C[C@@H]2F)NN1. The van der Waals surface area contributed by atoms with Crippen LogP contribution in [0.1, 0.15) is 61.1 Å². The Balaban J connectivity index is 1.64. The summed E-state index contributed by atoms with van der Waals surface area (Å²) in [4.78, 5) is 8.38. The second kappa shape index (κ2) is 11.5. The van der Waals surface area contributed by atoms with E-state index in [0.29, 0.717) is 46.4 Å². The summed E-state index contributed by atoms with van der Waals surface area (Å²) in [6.45, 7) is 12.5. The van der Waals surface area contributed by atoms with Crippen molar-refractivity contribution in [1.29, 1.82) is 10.5 Å². The van der Waals surface area contributed by atoms with Crippen molar-refractivity contribution in [2.75, 3.05) is 17.2 Å². The fourth-order valence-corrected chi connectivity index (χ4v) is 5.01. The lowest BCUT2D eigenvalue weighted by Crippen LogP contribution is -2.39. The van der Waals surface area contributed by atoms with Gasteiger partial charge >= 0.3 is 0 Å². The third-order valence-electron chi connectivity index (χ3n) is 7.29. The molecule has 0 radical (unpaired) electrons. The summed E-state index contributed by atoms with van der Waals surface area (Å²) in [5, 5.41) is 29.5. The van der Waals surface area contributed by atoms with Gasteiger partial charge in [0.2, 0.25) is 0 Å². The van der Waals surface area contributed by atoms with Crippen molar-refractivity contribution in [3.63, 3.8) is 0 Å². The Hall–Kier alpha value is -4.93. The van der Waals surface area contributed by atoms with E-state index < -0.39 is 12.2 Å². The summed E-state index contributed by atoms with van der Waals surface area (Å²) < 4.78 is 13.9. The Morgan fingerprint density at radius 1 is 1.26 bits per heavy atom. The number of halogens is 1. The number of aromatic nitrogens is 1. The van der Waals surface area contributed by atoms with E-state index in [1.807, 2.05) is 43.5 Å². The van der Waals surface area contributed by atoms with E-state index in [9.17, 15) is 14.9 Å². The fraction of sp³-hybridized carbons (Fsp3) is 0.312. The van der Waals surface area contributed by atoms with Crippen molar-refractivity contribution in [3.05, 3.63) is 82.4 Å². The van der Waals surface area contributed by atoms with Crippen molar-refractivity contribution >= 4 is 35.1 Å². The number of anilines is 2. The fourth-order valence-electron chi connectivity index (χ4n) is 5.01. The maximum atomic E-state index is 13.9. The molecule has 0 spiro atoms. The van der Waals surface area contributed by atoms with Crippen LogP contribution in [0.15, 0.2) is 59.6 Å². The number of fused-ring (bicyclic) bond motifs is 1. The van der Waals surface area contributed by atoms with Crippen LogP contribution < -0.4 is 21.6 Å². The molecule has 1 unspecified atom stereocenters. The Morgan fingerprint density at radius 2 is 2.02 bits per heavy atom. The van der Waals surface area contributed by atoms with Gasteiger partial charge < -0.3 is 16.1 Å². The predicted molar refractivity (Wildman–Crippen MR) is 165 cm³/mol. The lowest BCUT2D eigenvalue weighted by atomic mass is 9.94. The molecule has 0 saturated heterocycles. The molecule has 2 heterocycles. The third-order valence-corrected chi connectivity index (χ3v) is 7.29. The zero-order valence-electron chi connectivity index (χ0n) is 24.2. The van der Waals surface area contributed by atoms with Crippen LogP contribution in [0.25, 0.3) is 17.0 Å². The predicted octanol–water partition coefficient (Wildman–Crippen LogP) is 5.85. The molecule has 1 fully saturated rings. The van der Waals surface area contributed by atoms with E-state index in [1.54, 1.807) is 17.3 Å². The minimum Gasteiger partial charge on any atom is -0.383 e. The van der Waals surface area contributed by atoms with Gasteiger partial charge in [-0.1, -0.05) is 39.0 Å². The van der Waals surface area contributed by atoms with Crippen molar-refractivity contribution in [2.45, 2.75) is 52.4 Å². The molecule has 0 bridgehead atoms. The molecular formula is C32H34FN9. The number of pyridine rings is 1. The Morgan fingerprint density at radius 3 is 2.69 bits per heavy atom. The van der Waals surface area contributed by atoms with E-state index >= 15 is 0 Å². The number of aryl methyl sites for hydroxylation is 1. The van der Waals surface area contributed by atoms with Gasteiger partial charge in [-0.2, -0.15) is 10.5 Å². The molecule has 0 amide bonds. The highest BCUT2D eigenvalue weighted by atomic mass is 19.1. The van der Waals surface area contributed by atoms with Gasteiger partial charge in [-0.15, -0.1) is 5.53 Å². The molecule has 3 atom stereocenters. The molecule has 2 aromatic carbocycles. The summed E-state index contributed by atoms with van der Waals surface area (Å²) in [6, 6.07) is 13.6. The lowest BCUT2D eigenvalue weighted by molar-refractivity contribution is 0.236. The van der Waals surface area contributed by atoms with Crippen molar-refractivity contribution in [1.82, 2.24) is 21.0 Å². The van der Waals surface area contributed by atoms with E-state index in [2.05, 4.69) is 71.2 Å². The lowest BCUT2D eigenvalue weighted by Gasteiger charge is -2.25. The van der Waals surface area contributed by atoms with Crippen LogP contribution in [0.5, 0.6) is 0 Å². The van der Waals surface area contributed by atoms with Gasteiger partial charge in [0.05, 0.1) is 40.1 Å². The minimum absolute atomic E-state index is 0.0453. The first-order chi connectivity index (χ1) is 20.1. The molecular weight excluding hydrogens is 529 g/mol. The summed E-state index contributed by atoms with van der Waals surface area (Å²) in [6.07, 6.45) is 6.53. The number of alkyl halides is 1. The highest BCUT2D eigenvalue weighted by Crippen LogP contribution is 2.37. The average Bonchev–Trinajstić information content (AvgIpc) is 3.49. The highest BCUT2D eigenvalue weighted by molar-refractivity contribution is 5.99. The van der Waals surface area contributed by atoms with Crippen molar-refractivity contribution in [3.8, 4) is 12.1 Å². The van der Waals surface area contributed by atoms with E-state index in [4.69, 9.17) is 0 Å². The number of nitrogens with one attached hydrogen (secondary N) is 4. The molecule has 2 aliphatic rings. The van der Waals surface area contributed by atoms with Crippen LogP contribution in [0.3, 0.4) is 0 Å². The smallest absolute Gasteiger partial charge is 0.124 e. The third kappa shape index (κ3) is 5.90. The Bertz CT molecular complexity index is 1670. The molecule has 1 aliphatic heterocycles. The Kier molecular flexibility index (Phi) is 7.84. The second-order valence-corrected chi connectivity index (χ2v) is 11.8. The molecule has 3 aromatic rings. The zero-order valence-corrected chi connectivity index (χ0v) is 24.2. The van der Waals surface area contributed by atoms with Gasteiger partial charge in [0.15, 0.2) is 0 Å². The molecule has 9 nitrogen and oxygen atoms in total. The van der Waals surface area contributed by atoms with Crippen LogP contribution in [0, 0.1) is 35.0 Å². The summed E-state index contributed by atoms with van der Waals surface area (Å²) in [7, 11) is 0. The molecule has 1 aliphatic carbocycles. The second-order valence-electron chi connectivity index (χ2n) is 11.8. The van der Waals surface area contributed by atoms with Gasteiger partial charge in [0, 0.05) is 42.6 Å². The van der Waals surface area contributed by atoms with Gasteiger partial charge in [-0.3, -0.25) is 15.0 Å². The summed E-state index contributed by atoms with van der Waals surface area (Å²) in [5.41, 5.74) is 12.6. The van der Waals surface area contributed by atoms with E-state index in [-0.39, 0.29) is 11.5 Å². The maximum Gasteiger partial charge on any atom is 0.124 e. The molecule has 4 N–H and O–H groups in total. The first-order valence-corrected chi connectivity index (χ1v) is 13.8. The number of rotatable bonds is 9. The van der Waals surface area contributed by atoms with Crippen LogP contribution in [-0.4, -0.2) is 35.5 Å². The summed E-state index contributed by atoms with van der Waals surface area (Å²) in [5.74, 6) is 0. The van der Waals surface area contributed by atoms with Crippen molar-refractivity contribution < 1.29 is 4.39 Å². The van der Waals surface area contributed by atoms with Gasteiger partial charge in [-0.05, 0) is 54.0 Å². The number of hydrogen-bond donors (Lipinski definition) is 4. The molecule has 214 valence electrons. The quantitative estimate of drug-likeness (QED) is 0.239. The highest BCUT2D eigenvalue weighted by Gasteiger charge is 2.43. The van der Waals surface area contributed by atoms with Crippen LogP contribution in [0.2, 0.25) is 0 Å². The molecule has 42 heavy (non-hydrogen) atoms. The van der Waals surface area contributed by atoms with Gasteiger partial charge in [0.25, 0.3) is 0 Å². The monoisotopic (exact) mass is 563 g/mol. The van der Waals surface area contributed by atoms with Crippen molar-refractivity contribution in [2.24, 2.45) is 10.4 Å². The van der Waals surface area contributed by atoms with Crippen LogP contribution >= 0.6 is 0 Å². The maximum absolute atomic E-state index is 13.9. The van der Waals surface area contributed by atoms with Crippen LogP contribution in [0.4, 0.5) is 15.8 Å². The normalized spacial score (nSPS) is 18.6. The first kappa shape index (κ1) is 28.6.